The van der Waals surface area contributed by atoms with Crippen LogP contribution in [0, 0.1) is 16.0 Å². The molecule has 0 aromatic heterocycles. The highest BCUT2D eigenvalue weighted by Crippen LogP contribution is 2.34. The van der Waals surface area contributed by atoms with Crippen molar-refractivity contribution in [2.75, 3.05) is 30.7 Å². The number of ether oxygens (including phenoxy) is 2. The molecule has 1 heterocycles. The maximum absolute atomic E-state index is 13.4. The van der Waals surface area contributed by atoms with Crippen LogP contribution < -0.4 is 9.62 Å². The number of aromatic hydroxyl groups is 1. The second-order valence-corrected chi connectivity index (χ2v) is 11.7. The minimum Gasteiger partial charge on any atom is -0.506 e. The van der Waals surface area contributed by atoms with Crippen molar-refractivity contribution in [3.63, 3.8) is 0 Å². The van der Waals surface area contributed by atoms with E-state index in [1.165, 1.54) is 18.2 Å². The lowest BCUT2D eigenvalue weighted by molar-refractivity contribution is -0.384. The van der Waals surface area contributed by atoms with Gasteiger partial charge in [0.25, 0.3) is 15.7 Å². The first-order valence-electron chi connectivity index (χ1n) is 12.5. The van der Waals surface area contributed by atoms with Crippen molar-refractivity contribution in [1.82, 2.24) is 5.32 Å². The number of carbonyl (C=O) groups is 1. The molecule has 38 heavy (non-hydrogen) atoms. The van der Waals surface area contributed by atoms with Gasteiger partial charge in [0.1, 0.15) is 12.4 Å². The van der Waals surface area contributed by atoms with Crippen LogP contribution in [0.15, 0.2) is 47.4 Å². The Balaban J connectivity index is 1.66. The normalized spacial score (nSPS) is 16.4. The van der Waals surface area contributed by atoms with Crippen molar-refractivity contribution in [2.24, 2.45) is 5.92 Å². The lowest BCUT2D eigenvalue weighted by Gasteiger charge is -2.27. The number of phenolic OH excluding ortho intramolecular Hbond substituents is 1. The van der Waals surface area contributed by atoms with Crippen molar-refractivity contribution in [3.8, 4) is 5.75 Å². The minimum atomic E-state index is -4.09. The van der Waals surface area contributed by atoms with Gasteiger partial charge in [-0.15, -0.1) is 0 Å². The molecule has 0 aliphatic carbocycles. The molecule has 0 radical (unpaired) electrons. The summed E-state index contributed by atoms with van der Waals surface area (Å²) in [6, 6.07) is 9.33. The molecule has 1 saturated heterocycles. The summed E-state index contributed by atoms with van der Waals surface area (Å²) in [6.07, 6.45) is 1.89. The Bertz CT molecular complexity index is 1210. The van der Waals surface area contributed by atoms with E-state index in [0.29, 0.717) is 26.1 Å². The molecule has 1 aliphatic rings. The number of non-ortho nitro benzene ring substituents is 1. The first kappa shape index (κ1) is 29.3. The van der Waals surface area contributed by atoms with Crippen molar-refractivity contribution in [2.45, 2.75) is 57.1 Å². The van der Waals surface area contributed by atoms with Crippen LogP contribution >= 0.6 is 0 Å². The number of amides is 1. The van der Waals surface area contributed by atoms with Gasteiger partial charge in [0.05, 0.1) is 28.2 Å². The Morgan fingerprint density at radius 1 is 1.24 bits per heavy atom. The SMILES string of the molecule is CC(C)CN(c1ccc(CC[C@H](C)NC(=O)CO[C@H]2CCOC2)cc1O)S(=O)(=O)c1ccc([N+](=O)[O-])cc1. The molecule has 2 aromatic rings. The van der Waals surface area contributed by atoms with Crippen LogP contribution in [0.5, 0.6) is 5.75 Å². The fourth-order valence-corrected chi connectivity index (χ4v) is 5.71. The van der Waals surface area contributed by atoms with E-state index >= 15 is 0 Å². The lowest BCUT2D eigenvalue weighted by atomic mass is 10.0. The number of benzene rings is 2. The van der Waals surface area contributed by atoms with Crippen LogP contribution in [0.1, 0.15) is 39.2 Å². The van der Waals surface area contributed by atoms with Crippen molar-refractivity contribution >= 4 is 27.3 Å². The Morgan fingerprint density at radius 2 is 1.95 bits per heavy atom. The van der Waals surface area contributed by atoms with Crippen molar-refractivity contribution in [1.29, 1.82) is 0 Å². The smallest absolute Gasteiger partial charge is 0.269 e. The highest BCUT2D eigenvalue weighted by Gasteiger charge is 2.28. The van der Waals surface area contributed by atoms with E-state index in [1.807, 2.05) is 20.8 Å². The van der Waals surface area contributed by atoms with Crippen molar-refractivity contribution < 1.29 is 32.7 Å². The number of nitro benzene ring substituents is 1. The number of nitro groups is 1. The molecule has 1 amide bonds. The molecule has 0 spiro atoms. The molecule has 2 aromatic carbocycles. The maximum atomic E-state index is 13.4. The van der Waals surface area contributed by atoms with Crippen LogP contribution in [0.2, 0.25) is 0 Å². The summed E-state index contributed by atoms with van der Waals surface area (Å²) < 4.78 is 38.7. The highest BCUT2D eigenvalue weighted by molar-refractivity contribution is 7.92. The maximum Gasteiger partial charge on any atom is 0.269 e. The van der Waals surface area contributed by atoms with Gasteiger partial charge in [-0.25, -0.2) is 8.42 Å². The van der Waals surface area contributed by atoms with Crippen LogP contribution in [0.4, 0.5) is 11.4 Å². The molecular weight excluding hydrogens is 514 g/mol. The lowest BCUT2D eigenvalue weighted by Crippen LogP contribution is -2.36. The largest absolute Gasteiger partial charge is 0.506 e. The fraction of sp³-hybridized carbons (Fsp3) is 0.500. The summed E-state index contributed by atoms with van der Waals surface area (Å²) >= 11 is 0. The van der Waals surface area contributed by atoms with Gasteiger partial charge >= 0.3 is 0 Å². The molecule has 0 saturated carbocycles. The van der Waals surface area contributed by atoms with Crippen LogP contribution in [0.25, 0.3) is 0 Å². The summed E-state index contributed by atoms with van der Waals surface area (Å²) in [4.78, 5) is 22.4. The Kier molecular flexibility index (Phi) is 10.1. The van der Waals surface area contributed by atoms with E-state index in [1.54, 1.807) is 12.1 Å². The molecule has 11 nitrogen and oxygen atoms in total. The van der Waals surface area contributed by atoms with Crippen LogP contribution in [-0.2, 0) is 30.7 Å². The first-order chi connectivity index (χ1) is 18.0. The monoisotopic (exact) mass is 549 g/mol. The summed E-state index contributed by atoms with van der Waals surface area (Å²) in [6.45, 7) is 6.82. The van der Waals surface area contributed by atoms with Crippen molar-refractivity contribution in [3.05, 3.63) is 58.1 Å². The molecular formula is C26H35N3O8S. The topological polar surface area (TPSA) is 148 Å². The van der Waals surface area contributed by atoms with E-state index in [9.17, 15) is 28.4 Å². The van der Waals surface area contributed by atoms with Gasteiger partial charge in [0.15, 0.2) is 0 Å². The number of rotatable bonds is 13. The zero-order valence-electron chi connectivity index (χ0n) is 21.8. The third-order valence-electron chi connectivity index (χ3n) is 6.09. The van der Waals surface area contributed by atoms with E-state index in [2.05, 4.69) is 5.32 Å². The molecule has 0 bridgehead atoms. The molecule has 2 N–H and O–H groups in total. The average molecular weight is 550 g/mol. The summed E-state index contributed by atoms with van der Waals surface area (Å²) in [5, 5.41) is 24.6. The number of carbonyl (C=O) groups excluding carboxylic acids is 1. The third kappa shape index (κ3) is 7.89. The first-order valence-corrected chi connectivity index (χ1v) is 14.0. The van der Waals surface area contributed by atoms with Crippen LogP contribution in [0.3, 0.4) is 0 Å². The number of hydrogen-bond donors (Lipinski definition) is 2. The number of sulfonamides is 1. The molecule has 2 atom stereocenters. The van der Waals surface area contributed by atoms with Gasteiger partial charge in [0.2, 0.25) is 5.91 Å². The number of nitrogens with one attached hydrogen (secondary N) is 1. The third-order valence-corrected chi connectivity index (χ3v) is 7.88. The van der Waals surface area contributed by atoms with Gasteiger partial charge in [-0.1, -0.05) is 19.9 Å². The van der Waals surface area contributed by atoms with Gasteiger partial charge in [0, 0.05) is 31.3 Å². The van der Waals surface area contributed by atoms with Crippen LogP contribution in [-0.4, -0.2) is 62.9 Å². The Labute approximate surface area is 222 Å². The summed E-state index contributed by atoms with van der Waals surface area (Å²) in [5.41, 5.74) is 0.687. The average Bonchev–Trinajstić information content (AvgIpc) is 3.39. The second-order valence-electron chi connectivity index (χ2n) is 9.81. The number of nitrogens with zero attached hydrogens (tertiary/aromatic N) is 2. The number of phenols is 1. The van der Waals surface area contributed by atoms with Gasteiger partial charge in [-0.3, -0.25) is 19.2 Å². The molecule has 1 fully saturated rings. The highest BCUT2D eigenvalue weighted by atomic mass is 32.2. The van der Waals surface area contributed by atoms with E-state index in [0.717, 1.165) is 28.4 Å². The Hall–Kier alpha value is -3.22. The fourth-order valence-electron chi connectivity index (χ4n) is 4.07. The zero-order chi connectivity index (χ0) is 27.9. The summed E-state index contributed by atoms with van der Waals surface area (Å²) in [5.74, 6) is -0.461. The standard InChI is InChI=1S/C26H35N3O8S/c1-18(2)15-28(38(34,35)23-9-7-21(8-10-23)29(32)33)24-11-6-20(14-25(24)30)5-4-19(3)27-26(31)17-37-22-12-13-36-16-22/h6-11,14,18-19,22,30H,4-5,12-13,15-17H2,1-3H3,(H,27,31)/t19-,22-/m0/s1. The predicted octanol–water partition coefficient (Wildman–Crippen LogP) is 3.39. The molecule has 0 unspecified atom stereocenters. The van der Waals surface area contributed by atoms with Gasteiger partial charge in [-0.05, 0) is 61.9 Å². The molecule has 12 heteroatoms. The molecule has 1 aliphatic heterocycles. The van der Waals surface area contributed by atoms with E-state index in [-0.39, 0.29) is 59.1 Å². The summed E-state index contributed by atoms with van der Waals surface area (Å²) in [7, 11) is -4.09. The molecule has 3 rings (SSSR count). The zero-order valence-corrected chi connectivity index (χ0v) is 22.6. The predicted molar refractivity (Wildman–Crippen MR) is 142 cm³/mol. The number of aryl methyl sites for hydroxylation is 1. The Morgan fingerprint density at radius 3 is 2.53 bits per heavy atom. The van der Waals surface area contributed by atoms with Gasteiger partial charge < -0.3 is 19.9 Å². The number of anilines is 1. The molecule has 208 valence electrons. The number of hydrogen-bond acceptors (Lipinski definition) is 8. The minimum absolute atomic E-state index is 0.0250. The quantitative estimate of drug-likeness (QED) is 0.285. The van der Waals surface area contributed by atoms with E-state index in [4.69, 9.17) is 9.47 Å². The second kappa shape index (κ2) is 13.0. The van der Waals surface area contributed by atoms with Gasteiger partial charge in [-0.2, -0.15) is 0 Å². The van der Waals surface area contributed by atoms with E-state index < -0.39 is 14.9 Å².